The van der Waals surface area contributed by atoms with Crippen LogP contribution in [-0.4, -0.2) is 60.0 Å². The number of nitrogens with zero attached hydrogens (tertiary/aromatic N) is 4. The molecule has 0 N–H and O–H groups in total. The van der Waals surface area contributed by atoms with Crippen molar-refractivity contribution in [3.63, 3.8) is 0 Å². The summed E-state index contributed by atoms with van der Waals surface area (Å²) in [4.78, 5) is 23.2. The van der Waals surface area contributed by atoms with E-state index in [1.807, 2.05) is 24.6 Å². The smallest absolute Gasteiger partial charge is 0.237 e. The maximum absolute atomic E-state index is 13.3. The molecule has 1 aromatic heterocycles. The minimum Gasteiger partial charge on any atom is -0.346 e. The van der Waals surface area contributed by atoms with Crippen molar-refractivity contribution in [3.8, 4) is 0 Å². The average molecular weight is 362 g/mol. The second-order valence-electron chi connectivity index (χ2n) is 6.12. The first-order chi connectivity index (χ1) is 12.2. The molecule has 1 aliphatic rings. The number of rotatable bonds is 6. The summed E-state index contributed by atoms with van der Waals surface area (Å²) in [5.74, 6) is -0.172. The van der Waals surface area contributed by atoms with E-state index >= 15 is 0 Å². The SMILES string of the molecule is CCN(Cc1cccc(F)c1)C(=O)CN1CCN(c2nccs2)CC1. The number of halogens is 1. The number of piperazine rings is 1. The fraction of sp³-hybridized carbons (Fsp3) is 0.444. The lowest BCUT2D eigenvalue weighted by atomic mass is 10.2. The topological polar surface area (TPSA) is 39.7 Å². The van der Waals surface area contributed by atoms with Crippen molar-refractivity contribution in [1.29, 1.82) is 0 Å². The molecule has 0 bridgehead atoms. The van der Waals surface area contributed by atoms with Gasteiger partial charge in [-0.3, -0.25) is 9.69 Å². The maximum Gasteiger partial charge on any atom is 0.237 e. The first-order valence-electron chi connectivity index (χ1n) is 8.54. The normalized spacial score (nSPS) is 15.4. The molecule has 2 heterocycles. The molecule has 1 saturated heterocycles. The van der Waals surface area contributed by atoms with Gasteiger partial charge in [-0.05, 0) is 24.6 Å². The summed E-state index contributed by atoms with van der Waals surface area (Å²) in [6, 6.07) is 6.44. The molecule has 5 nitrogen and oxygen atoms in total. The van der Waals surface area contributed by atoms with Crippen LogP contribution >= 0.6 is 11.3 Å². The van der Waals surface area contributed by atoms with Crippen molar-refractivity contribution in [3.05, 3.63) is 47.2 Å². The van der Waals surface area contributed by atoms with Crippen LogP contribution in [0.15, 0.2) is 35.8 Å². The number of carbonyl (C=O) groups excluding carboxylic acids is 1. The summed E-state index contributed by atoms with van der Waals surface area (Å²) in [7, 11) is 0. The zero-order valence-corrected chi connectivity index (χ0v) is 15.2. The molecule has 7 heteroatoms. The highest BCUT2D eigenvalue weighted by molar-refractivity contribution is 7.13. The molecule has 3 rings (SSSR count). The van der Waals surface area contributed by atoms with Crippen molar-refractivity contribution in [2.75, 3.05) is 44.2 Å². The van der Waals surface area contributed by atoms with Crippen LogP contribution in [0.25, 0.3) is 0 Å². The molecule has 0 spiro atoms. The number of hydrogen-bond donors (Lipinski definition) is 0. The molecule has 25 heavy (non-hydrogen) atoms. The average Bonchev–Trinajstić information content (AvgIpc) is 3.15. The Labute approximate surface area is 151 Å². The Hall–Kier alpha value is -1.99. The molecular formula is C18H23FN4OS. The molecule has 134 valence electrons. The minimum atomic E-state index is -0.265. The Morgan fingerprint density at radius 2 is 2.12 bits per heavy atom. The number of anilines is 1. The molecule has 2 aromatic rings. The van der Waals surface area contributed by atoms with Gasteiger partial charge in [0.15, 0.2) is 5.13 Å². The summed E-state index contributed by atoms with van der Waals surface area (Å²) in [6.07, 6.45) is 1.82. The quantitative estimate of drug-likeness (QED) is 0.791. The fourth-order valence-electron chi connectivity index (χ4n) is 2.99. The lowest BCUT2D eigenvalue weighted by Crippen LogP contribution is -2.50. The Morgan fingerprint density at radius 1 is 1.32 bits per heavy atom. The first kappa shape index (κ1) is 17.8. The Morgan fingerprint density at radius 3 is 2.76 bits per heavy atom. The number of aromatic nitrogens is 1. The minimum absolute atomic E-state index is 0.0921. The van der Waals surface area contributed by atoms with Crippen molar-refractivity contribution < 1.29 is 9.18 Å². The predicted octanol–water partition coefficient (Wildman–Crippen LogP) is 2.45. The van der Waals surface area contributed by atoms with Crippen LogP contribution in [0.1, 0.15) is 12.5 Å². The van der Waals surface area contributed by atoms with Gasteiger partial charge >= 0.3 is 0 Å². The predicted molar refractivity (Wildman–Crippen MR) is 98.3 cm³/mol. The molecule has 0 saturated carbocycles. The van der Waals surface area contributed by atoms with Gasteiger partial charge in [0.1, 0.15) is 5.82 Å². The van der Waals surface area contributed by atoms with Crippen molar-refractivity contribution in [1.82, 2.24) is 14.8 Å². The third-order valence-electron chi connectivity index (χ3n) is 4.42. The molecule has 0 radical (unpaired) electrons. The van der Waals surface area contributed by atoms with Gasteiger partial charge in [0.2, 0.25) is 5.91 Å². The van der Waals surface area contributed by atoms with Crippen LogP contribution in [0, 0.1) is 5.82 Å². The molecule has 1 fully saturated rings. The van der Waals surface area contributed by atoms with Crippen molar-refractivity contribution >= 4 is 22.4 Å². The lowest BCUT2D eigenvalue weighted by molar-refractivity contribution is -0.132. The maximum atomic E-state index is 13.3. The molecule has 0 aliphatic carbocycles. The van der Waals surface area contributed by atoms with Gasteiger partial charge in [0.25, 0.3) is 0 Å². The van der Waals surface area contributed by atoms with Gasteiger partial charge in [0, 0.05) is 50.8 Å². The van der Waals surface area contributed by atoms with Crippen molar-refractivity contribution in [2.45, 2.75) is 13.5 Å². The molecular weight excluding hydrogens is 339 g/mol. The van der Waals surface area contributed by atoms with Crippen LogP contribution < -0.4 is 4.90 Å². The van der Waals surface area contributed by atoms with Gasteiger partial charge in [-0.1, -0.05) is 12.1 Å². The number of hydrogen-bond acceptors (Lipinski definition) is 5. The zero-order chi connectivity index (χ0) is 17.6. The van der Waals surface area contributed by atoms with E-state index < -0.39 is 0 Å². The molecule has 0 unspecified atom stereocenters. The summed E-state index contributed by atoms with van der Waals surface area (Å²) < 4.78 is 13.3. The van der Waals surface area contributed by atoms with Crippen LogP contribution in [0.3, 0.4) is 0 Å². The number of benzene rings is 1. The van der Waals surface area contributed by atoms with E-state index in [2.05, 4.69) is 14.8 Å². The number of carbonyl (C=O) groups is 1. The second kappa shape index (κ2) is 8.40. The van der Waals surface area contributed by atoms with E-state index in [1.54, 1.807) is 22.3 Å². The van der Waals surface area contributed by atoms with E-state index in [1.165, 1.54) is 12.1 Å². The van der Waals surface area contributed by atoms with E-state index in [9.17, 15) is 9.18 Å². The van der Waals surface area contributed by atoms with E-state index in [4.69, 9.17) is 0 Å². The summed E-state index contributed by atoms with van der Waals surface area (Å²) in [5.41, 5.74) is 0.823. The number of thiazole rings is 1. The van der Waals surface area contributed by atoms with E-state index in [0.29, 0.717) is 19.6 Å². The Kier molecular flexibility index (Phi) is 5.99. The Bertz CT molecular complexity index is 686. The second-order valence-corrected chi connectivity index (χ2v) is 6.99. The van der Waals surface area contributed by atoms with Crippen LogP contribution in [-0.2, 0) is 11.3 Å². The zero-order valence-electron chi connectivity index (χ0n) is 14.4. The largest absolute Gasteiger partial charge is 0.346 e. The lowest BCUT2D eigenvalue weighted by Gasteiger charge is -2.35. The third-order valence-corrected chi connectivity index (χ3v) is 5.25. The van der Waals surface area contributed by atoms with E-state index in [-0.39, 0.29) is 11.7 Å². The summed E-state index contributed by atoms with van der Waals surface area (Å²) in [6.45, 7) is 6.91. The highest BCUT2D eigenvalue weighted by atomic mass is 32.1. The van der Waals surface area contributed by atoms with Crippen molar-refractivity contribution in [2.24, 2.45) is 0 Å². The van der Waals surface area contributed by atoms with Crippen LogP contribution in [0.5, 0.6) is 0 Å². The highest BCUT2D eigenvalue weighted by Crippen LogP contribution is 2.19. The van der Waals surface area contributed by atoms with Gasteiger partial charge in [-0.25, -0.2) is 9.37 Å². The highest BCUT2D eigenvalue weighted by Gasteiger charge is 2.22. The third kappa shape index (κ3) is 4.76. The molecule has 1 aromatic carbocycles. The van der Waals surface area contributed by atoms with Crippen LogP contribution in [0.2, 0.25) is 0 Å². The van der Waals surface area contributed by atoms with Gasteiger partial charge in [0.05, 0.1) is 6.54 Å². The fourth-order valence-corrected chi connectivity index (χ4v) is 3.69. The molecule has 0 atom stereocenters. The molecule has 1 amide bonds. The standard InChI is InChI=1S/C18H23FN4OS/c1-2-22(13-15-4-3-5-16(19)12-15)17(24)14-21-7-9-23(10-8-21)18-20-6-11-25-18/h3-6,11-12H,2,7-10,13-14H2,1H3. The van der Waals surface area contributed by atoms with E-state index in [0.717, 1.165) is 36.9 Å². The number of likely N-dealkylation sites (N-methyl/N-ethyl adjacent to an activating group) is 1. The van der Waals surface area contributed by atoms with Crippen LogP contribution in [0.4, 0.5) is 9.52 Å². The summed E-state index contributed by atoms with van der Waals surface area (Å²) >= 11 is 1.65. The summed E-state index contributed by atoms with van der Waals surface area (Å²) in [5, 5.41) is 3.03. The van der Waals surface area contributed by atoms with Gasteiger partial charge in [-0.2, -0.15) is 0 Å². The number of amides is 1. The van der Waals surface area contributed by atoms with Gasteiger partial charge < -0.3 is 9.80 Å². The monoisotopic (exact) mass is 362 g/mol. The van der Waals surface area contributed by atoms with Gasteiger partial charge in [-0.15, -0.1) is 11.3 Å². The first-order valence-corrected chi connectivity index (χ1v) is 9.42. The molecule has 1 aliphatic heterocycles. The Balaban J connectivity index is 1.51.